The van der Waals surface area contributed by atoms with Crippen LogP contribution in [0.5, 0.6) is 0 Å². The van der Waals surface area contributed by atoms with Gasteiger partial charge in [0.2, 0.25) is 0 Å². The van der Waals surface area contributed by atoms with Crippen molar-refractivity contribution in [2.75, 3.05) is 0 Å². The quantitative estimate of drug-likeness (QED) is 0.326. The molecule has 0 aliphatic heterocycles. The molecule has 2 N–H and O–H groups in total. The molecule has 0 rings (SSSR count). The Labute approximate surface area is 37.0 Å². The molecule has 0 amide bonds. The van der Waals surface area contributed by atoms with Crippen LogP contribution >= 0.6 is 9.12 Å². The van der Waals surface area contributed by atoms with Gasteiger partial charge in [0.25, 0.3) is 0 Å². The van der Waals surface area contributed by atoms with E-state index in [2.05, 4.69) is 0 Å². The van der Waals surface area contributed by atoms with Gasteiger partial charge in [0.15, 0.2) is 0 Å². The molecule has 0 unspecified atom stereocenters. The first-order chi connectivity index (χ1) is 1.00. The summed E-state index contributed by atoms with van der Waals surface area (Å²) in [5.74, 6) is 0. The van der Waals surface area contributed by atoms with Gasteiger partial charge >= 0.3 is 0 Å². The van der Waals surface area contributed by atoms with Crippen molar-refractivity contribution in [3.8, 4) is 0 Å². The average molecular weight is 130 g/mol. The summed E-state index contributed by atoms with van der Waals surface area (Å²) in [5, 5.41) is 0. The van der Waals surface area contributed by atoms with E-state index in [-0.39, 0.29) is 22.5 Å². The Morgan fingerprint density at radius 2 is 1.25 bits per heavy atom. The van der Waals surface area contributed by atoms with Crippen molar-refractivity contribution >= 4 is 9.12 Å². The van der Waals surface area contributed by atoms with Gasteiger partial charge in [0, 0.05) is 17.1 Å². The second-order valence-electron chi connectivity index (χ2n) is 0. The fourth-order valence-corrected chi connectivity index (χ4v) is 0. The summed E-state index contributed by atoms with van der Waals surface area (Å²) in [5.41, 5.74) is 0. The molecular weight excluding hydrogens is 127 g/mol. The van der Waals surface area contributed by atoms with Gasteiger partial charge < -0.3 is 5.48 Å². The maximum atomic E-state index is 8.06. The maximum absolute atomic E-state index is 8.06. The molecule has 0 saturated carbocycles. The maximum Gasteiger partial charge on any atom is 0.138 e. The first-order valence-corrected chi connectivity index (χ1v) is 0.612. The standard InChI is InChI=1S/Cu.HOP.H2O/c;1-2;/h;2H;1H2. The Balaban J connectivity index is -0.00000000500. The van der Waals surface area contributed by atoms with E-state index in [4.69, 9.17) is 4.57 Å². The van der Waals surface area contributed by atoms with Gasteiger partial charge in [-0.15, -0.1) is 0 Å². The average Bonchev–Trinajstić information content (AvgIpc) is 1.00. The van der Waals surface area contributed by atoms with Crippen LogP contribution in [0.25, 0.3) is 0 Å². The monoisotopic (exact) mass is 129 g/mol. The summed E-state index contributed by atoms with van der Waals surface area (Å²) in [6.07, 6.45) is 0. The van der Waals surface area contributed by atoms with Gasteiger partial charge in [-0.05, 0) is 0 Å². The second-order valence-corrected chi connectivity index (χ2v) is 0. The normalized spacial score (nSPS) is 1.00. The van der Waals surface area contributed by atoms with Crippen molar-refractivity contribution in [3.05, 3.63) is 0 Å². The molecule has 4 heteroatoms. The van der Waals surface area contributed by atoms with Gasteiger partial charge in [-0.2, -0.15) is 0 Å². The molecule has 0 aromatic heterocycles. The third-order valence-corrected chi connectivity index (χ3v) is 0. The van der Waals surface area contributed by atoms with Crippen molar-refractivity contribution < 1.29 is 27.1 Å². The fourth-order valence-electron chi connectivity index (χ4n) is 0. The van der Waals surface area contributed by atoms with Gasteiger partial charge in [-0.3, -0.25) is 4.57 Å². The fraction of sp³-hybridized carbons (Fsp3) is 0. The summed E-state index contributed by atoms with van der Waals surface area (Å²) < 4.78 is 8.06. The van der Waals surface area contributed by atoms with Crippen LogP contribution in [-0.2, 0) is 21.6 Å². The van der Waals surface area contributed by atoms with E-state index in [9.17, 15) is 0 Å². The molecule has 2 nitrogen and oxygen atoms in total. The molecule has 0 bridgehead atoms. The van der Waals surface area contributed by atoms with E-state index in [0.717, 1.165) is 0 Å². The van der Waals surface area contributed by atoms with Crippen molar-refractivity contribution in [1.29, 1.82) is 0 Å². The van der Waals surface area contributed by atoms with Gasteiger partial charge in [-0.1, -0.05) is 0 Å². The zero-order valence-electron chi connectivity index (χ0n) is 1.71. The molecule has 31 valence electrons. The van der Waals surface area contributed by atoms with Crippen LogP contribution in [-0.4, -0.2) is 5.48 Å². The van der Waals surface area contributed by atoms with Crippen LogP contribution in [0.2, 0.25) is 0 Å². The van der Waals surface area contributed by atoms with Crippen LogP contribution in [0.4, 0.5) is 0 Å². The summed E-state index contributed by atoms with van der Waals surface area (Å²) >= 11 is 0. The Bertz CT molecular complexity index is 6.00. The number of rotatable bonds is 0. The largest absolute Gasteiger partial charge is 0.412 e. The molecule has 4 heavy (non-hydrogen) atoms. The number of hydrogen-bond donors (Lipinski definition) is 0. The smallest absolute Gasteiger partial charge is 0.138 e. The third kappa shape index (κ3) is 19.2. The van der Waals surface area contributed by atoms with Crippen LogP contribution in [0.1, 0.15) is 0 Å². The Kier molecular flexibility index (Phi) is 417. The molecule has 0 aromatic carbocycles. The van der Waals surface area contributed by atoms with Crippen LogP contribution in [0.3, 0.4) is 0 Å². The Morgan fingerprint density at radius 1 is 1.25 bits per heavy atom. The van der Waals surface area contributed by atoms with E-state index in [1.165, 1.54) is 0 Å². The molecule has 0 atom stereocenters. The van der Waals surface area contributed by atoms with E-state index in [1.807, 2.05) is 0 Å². The molecule has 0 aliphatic rings. The molecule has 1 radical (unpaired) electrons. The summed E-state index contributed by atoms with van der Waals surface area (Å²) in [6.45, 7) is 0. The molecule has 0 aliphatic carbocycles. The van der Waals surface area contributed by atoms with E-state index >= 15 is 0 Å². The molecule has 0 aromatic rings. The predicted molar refractivity (Wildman–Crippen MR) is 12.6 cm³/mol. The SMILES string of the molecule is O.O=P.[Cu]. The first-order valence-electron chi connectivity index (χ1n) is 0.204. The summed E-state index contributed by atoms with van der Waals surface area (Å²) in [7, 11) is 1.72. The Morgan fingerprint density at radius 3 is 1.25 bits per heavy atom. The Hall–Kier alpha value is 0.579. The van der Waals surface area contributed by atoms with Gasteiger partial charge in [-0.25, -0.2) is 0 Å². The molecule has 0 fully saturated rings. The zero-order valence-corrected chi connectivity index (χ0v) is 3.65. The minimum atomic E-state index is 0. The zero-order chi connectivity index (χ0) is 2.00. The first kappa shape index (κ1) is 23.5. The van der Waals surface area contributed by atoms with Gasteiger partial charge in [0.05, 0.1) is 0 Å². The van der Waals surface area contributed by atoms with Crippen molar-refractivity contribution in [3.63, 3.8) is 0 Å². The van der Waals surface area contributed by atoms with Gasteiger partial charge in [0.1, 0.15) is 9.12 Å². The van der Waals surface area contributed by atoms with E-state index < -0.39 is 0 Å². The molecule has 0 spiro atoms. The third-order valence-electron chi connectivity index (χ3n) is 0. The van der Waals surface area contributed by atoms with Crippen LogP contribution in [0.15, 0.2) is 0 Å². The van der Waals surface area contributed by atoms with E-state index in [1.54, 1.807) is 9.12 Å². The van der Waals surface area contributed by atoms with E-state index in [0.29, 0.717) is 0 Å². The van der Waals surface area contributed by atoms with Crippen molar-refractivity contribution in [1.82, 2.24) is 0 Å². The minimum absolute atomic E-state index is 0. The second kappa shape index (κ2) is 70.9. The minimum Gasteiger partial charge on any atom is -0.412 e. The van der Waals surface area contributed by atoms with Crippen LogP contribution < -0.4 is 0 Å². The summed E-state index contributed by atoms with van der Waals surface area (Å²) in [6, 6.07) is 0. The van der Waals surface area contributed by atoms with Crippen molar-refractivity contribution in [2.45, 2.75) is 0 Å². The topological polar surface area (TPSA) is 48.6 Å². The summed E-state index contributed by atoms with van der Waals surface area (Å²) in [4.78, 5) is 0. The van der Waals surface area contributed by atoms with Crippen LogP contribution in [0, 0.1) is 0 Å². The predicted octanol–water partition coefficient (Wildman–Crippen LogP) is -0.353. The van der Waals surface area contributed by atoms with Crippen molar-refractivity contribution in [2.24, 2.45) is 0 Å². The molecular formula is H3CuO2P. The molecule has 0 saturated heterocycles. The molecule has 0 heterocycles. The number of hydrogen-bond acceptors (Lipinski definition) is 1.